The van der Waals surface area contributed by atoms with Crippen molar-refractivity contribution in [3.8, 4) is 11.5 Å². The predicted molar refractivity (Wildman–Crippen MR) is 179 cm³/mol. The zero-order chi connectivity index (χ0) is 32.3. The van der Waals surface area contributed by atoms with E-state index in [1.807, 2.05) is 24.3 Å². The quantitative estimate of drug-likeness (QED) is 0.0508. The summed E-state index contributed by atoms with van der Waals surface area (Å²) >= 11 is 0. The first-order valence-corrected chi connectivity index (χ1v) is 18.5. The van der Waals surface area contributed by atoms with E-state index < -0.39 is 7.82 Å². The average molecular weight is 647 g/mol. The van der Waals surface area contributed by atoms with E-state index >= 15 is 0 Å². The molecule has 0 saturated heterocycles. The van der Waals surface area contributed by atoms with E-state index in [0.717, 1.165) is 88.3 Å². The van der Waals surface area contributed by atoms with Crippen LogP contribution < -0.4 is 9.47 Å². The number of ether oxygens (including phenoxy) is 2. The van der Waals surface area contributed by atoms with E-state index in [4.69, 9.17) is 18.5 Å². The average Bonchev–Trinajstić information content (AvgIpc) is 3.06. The Morgan fingerprint density at radius 2 is 0.711 bits per heavy atom. The minimum atomic E-state index is -3.95. The highest BCUT2D eigenvalue weighted by atomic mass is 31.2. The number of carbonyl (C=O) groups excluding carboxylic acids is 2. The molecule has 0 saturated carbocycles. The Balaban J connectivity index is 1.27. The van der Waals surface area contributed by atoms with Gasteiger partial charge in [-0.3, -0.25) is 18.6 Å². The van der Waals surface area contributed by atoms with Gasteiger partial charge >= 0.3 is 7.82 Å². The molecule has 0 aliphatic carbocycles. The van der Waals surface area contributed by atoms with Crippen LogP contribution >= 0.6 is 7.82 Å². The SMILES string of the molecule is O=Cc1ccc(OCCCCCCCCCCCOP(=O)(O)OCCCCCCCCCCCOc2ccc(C=O)cc2)cc1. The van der Waals surface area contributed by atoms with Crippen molar-refractivity contribution in [2.24, 2.45) is 0 Å². The number of phosphoric ester groups is 1. The Morgan fingerprint density at radius 1 is 0.444 bits per heavy atom. The lowest BCUT2D eigenvalue weighted by atomic mass is 10.1. The molecular formula is C36H55O8P. The summed E-state index contributed by atoms with van der Waals surface area (Å²) in [6.07, 6.45) is 21.3. The maximum Gasteiger partial charge on any atom is 0.472 e. The molecule has 0 aliphatic rings. The van der Waals surface area contributed by atoms with E-state index in [9.17, 15) is 19.0 Å². The molecule has 8 nitrogen and oxygen atoms in total. The molecular weight excluding hydrogens is 591 g/mol. The van der Waals surface area contributed by atoms with Gasteiger partial charge in [0.15, 0.2) is 0 Å². The summed E-state index contributed by atoms with van der Waals surface area (Å²) in [5.41, 5.74) is 1.31. The molecule has 2 aromatic carbocycles. The number of phosphoric acid groups is 1. The monoisotopic (exact) mass is 646 g/mol. The number of rotatable bonds is 30. The van der Waals surface area contributed by atoms with E-state index in [1.165, 1.54) is 51.4 Å². The van der Waals surface area contributed by atoms with E-state index in [-0.39, 0.29) is 13.2 Å². The standard InChI is InChI=1S/C36H55O8P/c37-31-33-19-23-35(24-20-33)41-27-15-11-7-3-1-5-9-13-17-29-43-45(39,40)44-30-18-14-10-6-2-4-8-12-16-28-42-36-25-21-34(32-38)22-26-36/h19-26,31-32H,1-18,27-30H2,(H,39,40). The van der Waals surface area contributed by atoms with Gasteiger partial charge < -0.3 is 14.4 Å². The van der Waals surface area contributed by atoms with Gasteiger partial charge in [-0.05, 0) is 74.2 Å². The van der Waals surface area contributed by atoms with E-state index in [0.29, 0.717) is 24.3 Å². The molecule has 0 fully saturated rings. The van der Waals surface area contributed by atoms with Crippen molar-refractivity contribution in [3.05, 3.63) is 59.7 Å². The topological polar surface area (TPSA) is 108 Å². The molecule has 9 heteroatoms. The van der Waals surface area contributed by atoms with Gasteiger partial charge in [0.2, 0.25) is 0 Å². The Morgan fingerprint density at radius 3 is 1.00 bits per heavy atom. The molecule has 0 spiro atoms. The number of hydrogen-bond acceptors (Lipinski definition) is 7. The highest BCUT2D eigenvalue weighted by Crippen LogP contribution is 2.43. The number of benzene rings is 2. The normalized spacial score (nSPS) is 11.4. The lowest BCUT2D eigenvalue weighted by Crippen LogP contribution is -1.99. The third-order valence-electron chi connectivity index (χ3n) is 7.66. The smallest absolute Gasteiger partial charge is 0.472 e. The molecule has 1 N–H and O–H groups in total. The molecule has 2 aromatic rings. The first-order valence-electron chi connectivity index (χ1n) is 17.0. The third kappa shape index (κ3) is 21.0. The predicted octanol–water partition coefficient (Wildman–Crippen LogP) is 9.92. The first kappa shape index (κ1) is 38.7. The minimum Gasteiger partial charge on any atom is -0.494 e. The van der Waals surface area contributed by atoms with Crippen LogP contribution in [0.3, 0.4) is 0 Å². The number of carbonyl (C=O) groups is 2. The molecule has 0 atom stereocenters. The highest BCUT2D eigenvalue weighted by molar-refractivity contribution is 7.47. The summed E-state index contributed by atoms with van der Waals surface area (Å²) in [4.78, 5) is 31.2. The van der Waals surface area contributed by atoms with Crippen LogP contribution in [0.25, 0.3) is 0 Å². The number of unbranched alkanes of at least 4 members (excludes halogenated alkanes) is 16. The number of hydrogen-bond donors (Lipinski definition) is 1. The molecule has 0 bridgehead atoms. The molecule has 45 heavy (non-hydrogen) atoms. The minimum absolute atomic E-state index is 0.256. The maximum absolute atomic E-state index is 12.1. The molecule has 0 heterocycles. The van der Waals surface area contributed by atoms with Gasteiger partial charge in [-0.2, -0.15) is 0 Å². The zero-order valence-electron chi connectivity index (χ0n) is 27.1. The van der Waals surface area contributed by atoms with Gasteiger partial charge in [0, 0.05) is 11.1 Å². The van der Waals surface area contributed by atoms with Crippen molar-refractivity contribution in [1.29, 1.82) is 0 Å². The molecule has 252 valence electrons. The lowest BCUT2D eigenvalue weighted by molar-refractivity contribution is 0.111. The Kier molecular flexibility index (Phi) is 22.0. The zero-order valence-corrected chi connectivity index (χ0v) is 28.0. The second-order valence-corrected chi connectivity index (χ2v) is 13.0. The van der Waals surface area contributed by atoms with Crippen molar-refractivity contribution in [1.82, 2.24) is 0 Å². The van der Waals surface area contributed by atoms with Crippen LogP contribution in [0.1, 0.15) is 136 Å². The first-order chi connectivity index (χ1) is 22.0. The Hall–Kier alpha value is -2.51. The molecule has 0 aliphatic heterocycles. The van der Waals surface area contributed by atoms with E-state index in [2.05, 4.69) is 0 Å². The molecule has 0 radical (unpaired) electrons. The van der Waals surface area contributed by atoms with Gasteiger partial charge in [0.1, 0.15) is 24.1 Å². The van der Waals surface area contributed by atoms with Crippen molar-refractivity contribution in [2.75, 3.05) is 26.4 Å². The third-order valence-corrected chi connectivity index (χ3v) is 8.67. The van der Waals surface area contributed by atoms with Crippen molar-refractivity contribution >= 4 is 20.4 Å². The summed E-state index contributed by atoms with van der Waals surface area (Å²) in [5.74, 6) is 1.61. The van der Waals surface area contributed by atoms with Gasteiger partial charge in [0.05, 0.1) is 26.4 Å². The van der Waals surface area contributed by atoms with Crippen LogP contribution in [-0.2, 0) is 13.6 Å². The molecule has 0 amide bonds. The van der Waals surface area contributed by atoms with E-state index in [1.54, 1.807) is 24.3 Å². The van der Waals surface area contributed by atoms with Crippen molar-refractivity contribution in [2.45, 2.75) is 116 Å². The highest BCUT2D eigenvalue weighted by Gasteiger charge is 2.19. The summed E-state index contributed by atoms with van der Waals surface area (Å²) in [5, 5.41) is 0. The van der Waals surface area contributed by atoms with Crippen LogP contribution in [-0.4, -0.2) is 43.9 Å². The van der Waals surface area contributed by atoms with Crippen LogP contribution in [0, 0.1) is 0 Å². The fraction of sp³-hybridized carbons (Fsp3) is 0.611. The number of aldehydes is 2. The lowest BCUT2D eigenvalue weighted by Gasteiger charge is -2.12. The van der Waals surface area contributed by atoms with Gasteiger partial charge in [0.25, 0.3) is 0 Å². The largest absolute Gasteiger partial charge is 0.494 e. The van der Waals surface area contributed by atoms with Gasteiger partial charge in [-0.1, -0.05) is 89.9 Å². The fourth-order valence-corrected chi connectivity index (χ4v) is 5.74. The Labute approximate surface area is 270 Å². The molecule has 2 rings (SSSR count). The van der Waals surface area contributed by atoms with Crippen LogP contribution in [0.2, 0.25) is 0 Å². The van der Waals surface area contributed by atoms with Crippen LogP contribution in [0.15, 0.2) is 48.5 Å². The van der Waals surface area contributed by atoms with Crippen LogP contribution in [0.5, 0.6) is 11.5 Å². The molecule has 0 aromatic heterocycles. The van der Waals surface area contributed by atoms with Crippen LogP contribution in [0.4, 0.5) is 0 Å². The van der Waals surface area contributed by atoms with Gasteiger partial charge in [-0.25, -0.2) is 4.57 Å². The Bertz CT molecular complexity index is 976. The van der Waals surface area contributed by atoms with Crippen molar-refractivity contribution < 1.29 is 37.6 Å². The van der Waals surface area contributed by atoms with Gasteiger partial charge in [-0.15, -0.1) is 0 Å². The summed E-state index contributed by atoms with van der Waals surface area (Å²) in [6.45, 7) is 1.90. The second-order valence-electron chi connectivity index (χ2n) is 11.6. The summed E-state index contributed by atoms with van der Waals surface area (Å²) in [6, 6.07) is 14.4. The fourth-order valence-electron chi connectivity index (χ4n) is 4.95. The van der Waals surface area contributed by atoms with Crippen molar-refractivity contribution in [3.63, 3.8) is 0 Å². The summed E-state index contributed by atoms with van der Waals surface area (Å²) < 4.78 is 33.7. The summed E-state index contributed by atoms with van der Waals surface area (Å²) in [7, 11) is -3.95. The molecule has 0 unspecified atom stereocenters. The second kappa shape index (κ2) is 25.7. The maximum atomic E-state index is 12.1.